The standard InChI is InChI=1S/C32H32N2Si/c1-21-17-29-27(19-23(3)33(29)25-13-9-7-10-14-25)31(21)35(5,6)32-22(2)18-30-28(32)20-24(4)34(30)26-15-11-8-12-16-26/h7-20H,1-6H3. The molecule has 2 aromatic carbocycles. The molecule has 0 unspecified atom stereocenters. The average Bonchev–Trinajstić information content (AvgIpc) is 3.50. The number of hydrogen-bond donors (Lipinski definition) is 0. The van der Waals surface area contributed by atoms with E-state index >= 15 is 0 Å². The van der Waals surface area contributed by atoms with Crippen LogP contribution in [0, 0.1) is 84.6 Å². The van der Waals surface area contributed by atoms with Gasteiger partial charge in [-0.2, -0.15) is 0 Å². The minimum Gasteiger partial charge on any atom is -0.354 e. The highest BCUT2D eigenvalue weighted by molar-refractivity contribution is 6.90. The smallest absolute Gasteiger partial charge is 0.0755 e. The molecule has 0 amide bonds. The third-order valence-electron chi connectivity index (χ3n) is 7.76. The van der Waals surface area contributed by atoms with Crippen molar-refractivity contribution in [1.29, 1.82) is 0 Å². The van der Waals surface area contributed by atoms with E-state index in [1.807, 2.05) is 0 Å². The van der Waals surface area contributed by atoms with Gasteiger partial charge < -0.3 is 9.80 Å². The van der Waals surface area contributed by atoms with Gasteiger partial charge in [0.1, 0.15) is 0 Å². The van der Waals surface area contributed by atoms with Gasteiger partial charge in [-0.25, -0.2) is 0 Å². The molecular weight excluding hydrogens is 440 g/mol. The Morgan fingerprint density at radius 2 is 0.886 bits per heavy atom. The Morgan fingerprint density at radius 1 is 0.514 bits per heavy atom. The van der Waals surface area contributed by atoms with Crippen LogP contribution in [0.5, 0.6) is 0 Å². The largest absolute Gasteiger partial charge is 0.354 e. The molecule has 4 aliphatic rings. The minimum atomic E-state index is -2.02. The third-order valence-corrected chi connectivity index (χ3v) is 11.6. The Kier molecular flexibility index (Phi) is 5.86. The van der Waals surface area contributed by atoms with Gasteiger partial charge in [-0.15, -0.1) is 0 Å². The van der Waals surface area contributed by atoms with Crippen molar-refractivity contribution in [2.24, 2.45) is 0 Å². The van der Waals surface area contributed by atoms with Gasteiger partial charge >= 0.3 is 0 Å². The van der Waals surface area contributed by atoms with Crippen LogP contribution in [-0.2, 0) is 0 Å². The molecule has 2 saturated carbocycles. The first-order chi connectivity index (χ1) is 16.8. The number of rotatable bonds is 4. The van der Waals surface area contributed by atoms with Gasteiger partial charge in [0.15, 0.2) is 0 Å². The molecule has 2 heterocycles. The number of fused-ring (bicyclic) bond motifs is 2. The maximum Gasteiger partial charge on any atom is 0.0755 e. The summed E-state index contributed by atoms with van der Waals surface area (Å²) in [4.78, 5) is 4.83. The van der Waals surface area contributed by atoms with Crippen LogP contribution in [0.15, 0.2) is 60.7 Å². The van der Waals surface area contributed by atoms with E-state index in [9.17, 15) is 0 Å². The topological polar surface area (TPSA) is 6.48 Å². The van der Waals surface area contributed by atoms with E-state index in [1.165, 1.54) is 59.2 Å². The Morgan fingerprint density at radius 3 is 1.26 bits per heavy atom. The molecule has 14 radical (unpaired) electrons. The Balaban J connectivity index is 1.29. The predicted molar refractivity (Wildman–Crippen MR) is 148 cm³/mol. The first-order valence-corrected chi connectivity index (χ1v) is 15.5. The molecule has 0 bridgehead atoms. The molecule has 0 aromatic heterocycles. The van der Waals surface area contributed by atoms with Crippen LogP contribution in [0.2, 0.25) is 13.1 Å². The number of nitrogens with zero attached hydrogens (tertiary/aromatic N) is 2. The van der Waals surface area contributed by atoms with Gasteiger partial charge in [-0.1, -0.05) is 63.3 Å². The maximum absolute atomic E-state index is 2.54. The molecule has 2 aliphatic carbocycles. The zero-order chi connectivity index (χ0) is 24.5. The number of benzene rings is 2. The summed E-state index contributed by atoms with van der Waals surface area (Å²) >= 11 is 0. The van der Waals surface area contributed by atoms with Crippen LogP contribution in [0.3, 0.4) is 0 Å². The first-order valence-electron chi connectivity index (χ1n) is 12.5. The summed E-state index contributed by atoms with van der Waals surface area (Å²) < 4.78 is 0. The fourth-order valence-electron chi connectivity index (χ4n) is 6.60. The molecule has 0 N–H and O–H groups in total. The van der Waals surface area contributed by atoms with Crippen LogP contribution in [0.4, 0.5) is 11.4 Å². The lowest BCUT2D eigenvalue weighted by molar-refractivity contribution is 0.950. The molecule has 2 saturated heterocycles. The molecule has 3 heteroatoms. The van der Waals surface area contributed by atoms with Crippen molar-refractivity contribution in [3.8, 4) is 0 Å². The summed E-state index contributed by atoms with van der Waals surface area (Å²) in [6, 6.07) is 26.8. The lowest BCUT2D eigenvalue weighted by Gasteiger charge is -2.43. The van der Waals surface area contributed by atoms with Crippen LogP contribution in [0.25, 0.3) is 0 Å². The molecule has 6 rings (SSSR count). The minimum absolute atomic E-state index is 1.23. The van der Waals surface area contributed by atoms with Crippen molar-refractivity contribution in [3.63, 3.8) is 0 Å². The predicted octanol–water partition coefficient (Wildman–Crippen LogP) is 7.31. The normalized spacial score (nSPS) is 25.4. The Bertz CT molecular complexity index is 941. The fraction of sp³-hybridized carbons (Fsp3) is 0.188. The second kappa shape index (κ2) is 8.68. The van der Waals surface area contributed by atoms with Crippen molar-refractivity contribution in [3.05, 3.63) is 145 Å². The maximum atomic E-state index is 2.54. The monoisotopic (exact) mass is 472 g/mol. The number of para-hydroxylation sites is 2. The number of anilines is 2. The summed E-state index contributed by atoms with van der Waals surface area (Å²) in [5.41, 5.74) is 5.62. The van der Waals surface area contributed by atoms with Crippen molar-refractivity contribution >= 4 is 19.4 Å². The van der Waals surface area contributed by atoms with Crippen LogP contribution in [0.1, 0.15) is 27.7 Å². The van der Waals surface area contributed by atoms with Gasteiger partial charge in [0.2, 0.25) is 0 Å². The number of hydrogen-bond acceptors (Lipinski definition) is 2. The molecule has 35 heavy (non-hydrogen) atoms. The van der Waals surface area contributed by atoms with E-state index in [0.29, 0.717) is 0 Å². The average molecular weight is 473 g/mol. The molecule has 0 spiro atoms. The summed E-state index contributed by atoms with van der Waals surface area (Å²) in [5.74, 6) is 5.69. The van der Waals surface area contributed by atoms with E-state index in [-0.39, 0.29) is 0 Å². The molecular formula is C32H32N2Si. The highest BCUT2D eigenvalue weighted by atomic mass is 28.3. The third kappa shape index (κ3) is 3.63. The van der Waals surface area contributed by atoms with Crippen LogP contribution >= 0.6 is 0 Å². The first kappa shape index (κ1) is 23.6. The van der Waals surface area contributed by atoms with Gasteiger partial charge in [0.05, 0.1) is 32.2 Å². The van der Waals surface area contributed by atoms with E-state index in [1.54, 1.807) is 11.1 Å². The van der Waals surface area contributed by atoms with E-state index in [2.05, 4.69) is 137 Å². The van der Waals surface area contributed by atoms with Crippen molar-refractivity contribution in [1.82, 2.24) is 0 Å². The van der Waals surface area contributed by atoms with Gasteiger partial charge in [-0.05, 0) is 86.7 Å². The zero-order valence-corrected chi connectivity index (χ0v) is 22.5. The quantitative estimate of drug-likeness (QED) is 0.430. The second-order valence-corrected chi connectivity index (χ2v) is 14.8. The fourth-order valence-corrected chi connectivity index (χ4v) is 10.7. The lowest BCUT2D eigenvalue weighted by atomic mass is 9.99. The highest BCUT2D eigenvalue weighted by Crippen LogP contribution is 2.67. The zero-order valence-electron chi connectivity index (χ0n) is 21.5. The van der Waals surface area contributed by atoms with E-state index in [4.69, 9.17) is 0 Å². The summed E-state index contributed by atoms with van der Waals surface area (Å²) in [6.45, 7) is 14.2. The molecule has 4 fully saturated rings. The Hall–Kier alpha value is -1.74. The van der Waals surface area contributed by atoms with Gasteiger partial charge in [0, 0.05) is 23.2 Å². The van der Waals surface area contributed by atoms with Crippen molar-refractivity contribution < 1.29 is 0 Å². The lowest BCUT2D eigenvalue weighted by Crippen LogP contribution is -2.48. The van der Waals surface area contributed by atoms with E-state index in [0.717, 1.165) is 0 Å². The van der Waals surface area contributed by atoms with Crippen molar-refractivity contribution in [2.45, 2.75) is 40.8 Å². The summed E-state index contributed by atoms with van der Waals surface area (Å²) in [6.07, 6.45) is 9.65. The van der Waals surface area contributed by atoms with Gasteiger partial charge in [-0.3, -0.25) is 0 Å². The van der Waals surface area contributed by atoms with Crippen molar-refractivity contribution in [2.75, 3.05) is 9.80 Å². The SMILES string of the molecule is C[C]1[CH][C]2[C]([CH][C](C)N2c2ccccc2)[C]1[Si](C)(C)[C]1[C](C)[CH][C]2[C]1[CH][C](C)N2c1ccccc1. The summed E-state index contributed by atoms with van der Waals surface area (Å²) in [5, 5.41) is 0. The molecule has 0 atom stereocenters. The highest BCUT2D eigenvalue weighted by Gasteiger charge is 2.64. The second-order valence-electron chi connectivity index (χ2n) is 10.5. The summed E-state index contributed by atoms with van der Waals surface area (Å²) in [7, 11) is -2.02. The van der Waals surface area contributed by atoms with E-state index < -0.39 is 8.07 Å². The Labute approximate surface area is 215 Å². The molecule has 2 aromatic rings. The van der Waals surface area contributed by atoms with Crippen LogP contribution in [-0.4, -0.2) is 8.07 Å². The van der Waals surface area contributed by atoms with Gasteiger partial charge in [0.25, 0.3) is 0 Å². The molecule has 174 valence electrons. The molecule has 2 aliphatic heterocycles. The van der Waals surface area contributed by atoms with Crippen LogP contribution < -0.4 is 9.80 Å². The molecule has 2 nitrogen and oxygen atoms in total.